The Kier molecular flexibility index (Phi) is 6.16. The van der Waals surface area contributed by atoms with E-state index in [4.69, 9.17) is 16.3 Å². The van der Waals surface area contributed by atoms with Crippen molar-refractivity contribution in [2.75, 3.05) is 18.1 Å². The van der Waals surface area contributed by atoms with Crippen LogP contribution in [0.3, 0.4) is 0 Å². The maximum absolute atomic E-state index is 12.2. The van der Waals surface area contributed by atoms with Gasteiger partial charge >= 0.3 is 0 Å². The number of benzene rings is 1. The number of rotatable bonds is 5. The Morgan fingerprint density at radius 3 is 2.83 bits per heavy atom. The van der Waals surface area contributed by atoms with E-state index in [-0.39, 0.29) is 16.7 Å². The summed E-state index contributed by atoms with van der Waals surface area (Å²) in [7, 11) is 0. The molecule has 0 bridgehead atoms. The lowest BCUT2D eigenvalue weighted by Gasteiger charge is -2.40. The summed E-state index contributed by atoms with van der Waals surface area (Å²) in [6.07, 6.45) is 8.35. The van der Waals surface area contributed by atoms with Crippen LogP contribution in [0.4, 0.5) is 5.69 Å². The van der Waals surface area contributed by atoms with E-state index >= 15 is 0 Å². The maximum Gasteiger partial charge on any atom is 0.267 e. The number of aromatic amines is 1. The molecule has 2 N–H and O–H groups in total. The number of hydrogen-bond donors (Lipinski definition) is 2. The van der Waals surface area contributed by atoms with Crippen molar-refractivity contribution in [3.8, 4) is 16.9 Å². The lowest BCUT2D eigenvalue weighted by atomic mass is 9.91. The van der Waals surface area contributed by atoms with Crippen LogP contribution in [0.15, 0.2) is 29.2 Å². The summed E-state index contributed by atoms with van der Waals surface area (Å²) in [5.41, 5.74) is 3.63. The lowest BCUT2D eigenvalue weighted by Crippen LogP contribution is -2.43. The maximum atomic E-state index is 12.2. The number of halogens is 1. The minimum Gasteiger partial charge on any atom is -0.490 e. The van der Waals surface area contributed by atoms with E-state index in [2.05, 4.69) is 22.9 Å². The van der Waals surface area contributed by atoms with Crippen LogP contribution < -0.4 is 15.2 Å². The summed E-state index contributed by atoms with van der Waals surface area (Å²) in [6, 6.07) is 6.61. The van der Waals surface area contributed by atoms with Gasteiger partial charge in [-0.05, 0) is 61.8 Å². The number of pyridine rings is 1. The molecule has 0 amide bonds. The summed E-state index contributed by atoms with van der Waals surface area (Å²) in [5, 5.41) is 10.1. The Hall–Kier alpha value is -1.98. The predicted octanol–water partition coefficient (Wildman–Crippen LogP) is 4.54. The first-order valence-electron chi connectivity index (χ1n) is 10.7. The van der Waals surface area contributed by atoms with Gasteiger partial charge in [0.05, 0.1) is 18.3 Å². The number of unbranched alkanes of at least 4 members (excludes halogenated alkanes) is 1. The van der Waals surface area contributed by atoms with E-state index in [1.165, 1.54) is 0 Å². The number of nitrogens with zero attached hydrogens (tertiary/aromatic N) is 1. The molecular formula is C23H29ClN2O3. The van der Waals surface area contributed by atoms with Gasteiger partial charge in [0.25, 0.3) is 5.56 Å². The third kappa shape index (κ3) is 4.17. The summed E-state index contributed by atoms with van der Waals surface area (Å²) >= 11 is 6.44. The molecule has 1 fully saturated rings. The highest BCUT2D eigenvalue weighted by Crippen LogP contribution is 2.40. The van der Waals surface area contributed by atoms with E-state index < -0.39 is 0 Å². The summed E-state index contributed by atoms with van der Waals surface area (Å²) in [4.78, 5) is 17.3. The number of anilines is 1. The van der Waals surface area contributed by atoms with Crippen molar-refractivity contribution in [1.29, 1.82) is 0 Å². The summed E-state index contributed by atoms with van der Waals surface area (Å²) in [6.45, 7) is 3.65. The number of aliphatic hydroxyl groups excluding tert-OH is 1. The molecule has 5 nitrogen and oxygen atoms in total. The Labute approximate surface area is 176 Å². The van der Waals surface area contributed by atoms with Crippen molar-refractivity contribution in [3.05, 3.63) is 45.3 Å². The second kappa shape index (κ2) is 8.80. The van der Waals surface area contributed by atoms with Crippen LogP contribution in [0.1, 0.15) is 51.0 Å². The molecule has 6 heteroatoms. The van der Waals surface area contributed by atoms with Crippen LogP contribution in [-0.4, -0.2) is 35.4 Å². The highest BCUT2D eigenvalue weighted by atomic mass is 35.5. The molecule has 1 saturated carbocycles. The summed E-state index contributed by atoms with van der Waals surface area (Å²) in [5.74, 6) is 0.845. The number of fused-ring (bicyclic) bond motifs is 1. The van der Waals surface area contributed by atoms with Crippen LogP contribution in [0.5, 0.6) is 5.75 Å². The van der Waals surface area contributed by atoms with Crippen LogP contribution in [0.25, 0.3) is 11.1 Å². The number of H-pyrrole nitrogens is 1. The third-order valence-corrected chi connectivity index (χ3v) is 6.53. The van der Waals surface area contributed by atoms with Gasteiger partial charge in [-0.3, -0.25) is 4.79 Å². The van der Waals surface area contributed by atoms with Crippen molar-refractivity contribution in [3.63, 3.8) is 0 Å². The summed E-state index contributed by atoms with van der Waals surface area (Å²) < 4.78 is 6.00. The van der Waals surface area contributed by atoms with Crippen LogP contribution in [0.2, 0.25) is 5.02 Å². The quantitative estimate of drug-likeness (QED) is 0.750. The molecule has 0 unspecified atom stereocenters. The minimum absolute atomic E-state index is 0.158. The van der Waals surface area contributed by atoms with E-state index in [0.29, 0.717) is 12.6 Å². The molecule has 2 aromatic rings. The number of aryl methyl sites for hydroxylation is 1. The molecule has 0 spiro atoms. The molecule has 1 aliphatic carbocycles. The molecule has 4 rings (SSSR count). The first-order valence-corrected chi connectivity index (χ1v) is 11.1. The second-order valence-electron chi connectivity index (χ2n) is 8.12. The molecule has 1 aliphatic heterocycles. The monoisotopic (exact) mass is 416 g/mol. The SMILES string of the molecule is CCCCc1c[nH]c(=O)c(Cl)c1-c1ccc2c(c1)OCCN2C1CCC(O)CC1. The highest BCUT2D eigenvalue weighted by Gasteiger charge is 2.29. The Morgan fingerprint density at radius 2 is 2.07 bits per heavy atom. The zero-order chi connectivity index (χ0) is 20.4. The van der Waals surface area contributed by atoms with E-state index in [9.17, 15) is 9.90 Å². The predicted molar refractivity (Wildman–Crippen MR) is 117 cm³/mol. The Morgan fingerprint density at radius 1 is 1.28 bits per heavy atom. The highest BCUT2D eigenvalue weighted by molar-refractivity contribution is 6.33. The van der Waals surface area contributed by atoms with Crippen molar-refractivity contribution >= 4 is 17.3 Å². The van der Waals surface area contributed by atoms with Crippen molar-refractivity contribution in [2.24, 2.45) is 0 Å². The molecule has 156 valence electrons. The smallest absolute Gasteiger partial charge is 0.267 e. The molecule has 2 heterocycles. The number of aromatic nitrogens is 1. The lowest BCUT2D eigenvalue weighted by molar-refractivity contribution is 0.120. The molecule has 1 aromatic heterocycles. The van der Waals surface area contributed by atoms with Gasteiger partial charge in [0.1, 0.15) is 17.4 Å². The third-order valence-electron chi connectivity index (χ3n) is 6.17. The zero-order valence-electron chi connectivity index (χ0n) is 16.9. The molecule has 0 atom stereocenters. The van der Waals surface area contributed by atoms with Gasteiger partial charge in [-0.25, -0.2) is 0 Å². The molecule has 1 aromatic carbocycles. The van der Waals surface area contributed by atoms with Crippen LogP contribution >= 0.6 is 11.6 Å². The fourth-order valence-corrected chi connectivity index (χ4v) is 4.85. The van der Waals surface area contributed by atoms with Crippen LogP contribution in [0, 0.1) is 0 Å². The van der Waals surface area contributed by atoms with Gasteiger partial charge in [-0.15, -0.1) is 0 Å². The van der Waals surface area contributed by atoms with Gasteiger partial charge in [0, 0.05) is 17.8 Å². The Balaban J connectivity index is 1.69. The van der Waals surface area contributed by atoms with Crippen LogP contribution in [-0.2, 0) is 6.42 Å². The van der Waals surface area contributed by atoms with E-state index in [0.717, 1.165) is 79.6 Å². The standard InChI is InChI=1S/C23H29ClN2O3/c1-2-3-4-16-14-25-23(28)22(24)21(16)15-5-10-19-20(13-15)29-12-11-26(19)17-6-8-18(27)9-7-17/h5,10,13-14,17-18,27H,2-4,6-9,11-12H2,1H3,(H,25,28). The van der Waals surface area contributed by atoms with Crippen molar-refractivity contribution in [1.82, 2.24) is 4.98 Å². The van der Waals surface area contributed by atoms with Gasteiger partial charge in [-0.2, -0.15) is 0 Å². The van der Waals surface area contributed by atoms with Gasteiger partial charge < -0.3 is 19.7 Å². The molecule has 29 heavy (non-hydrogen) atoms. The molecule has 0 saturated heterocycles. The van der Waals surface area contributed by atoms with Gasteiger partial charge in [0.2, 0.25) is 0 Å². The number of ether oxygens (including phenoxy) is 1. The molecular weight excluding hydrogens is 388 g/mol. The van der Waals surface area contributed by atoms with Gasteiger partial charge in [0.15, 0.2) is 0 Å². The van der Waals surface area contributed by atoms with Crippen molar-refractivity contribution < 1.29 is 9.84 Å². The average Bonchev–Trinajstić information content (AvgIpc) is 2.74. The largest absolute Gasteiger partial charge is 0.490 e. The zero-order valence-corrected chi connectivity index (χ0v) is 17.7. The first-order chi connectivity index (χ1) is 14.1. The van der Waals surface area contributed by atoms with E-state index in [1.54, 1.807) is 6.20 Å². The number of hydrogen-bond acceptors (Lipinski definition) is 4. The average molecular weight is 417 g/mol. The molecule has 0 radical (unpaired) electrons. The fourth-order valence-electron chi connectivity index (χ4n) is 4.57. The number of aliphatic hydroxyl groups is 1. The topological polar surface area (TPSA) is 65.6 Å². The fraction of sp³-hybridized carbons (Fsp3) is 0.522. The number of nitrogens with one attached hydrogen (secondary N) is 1. The minimum atomic E-state index is -0.261. The van der Waals surface area contributed by atoms with E-state index in [1.807, 2.05) is 12.1 Å². The van der Waals surface area contributed by atoms with Crippen molar-refractivity contribution in [2.45, 2.75) is 64.0 Å². The molecule has 2 aliphatic rings. The normalized spacial score (nSPS) is 21.6. The Bertz CT molecular complexity index is 919. The first kappa shape index (κ1) is 20.3. The van der Waals surface area contributed by atoms with Gasteiger partial charge in [-0.1, -0.05) is 31.0 Å². The second-order valence-corrected chi connectivity index (χ2v) is 8.50.